The Morgan fingerprint density at radius 1 is 0.971 bits per heavy atom. The average Bonchev–Trinajstić information content (AvgIpc) is 3.00. The zero-order chi connectivity index (χ0) is 24.0. The number of phenols is 1. The Morgan fingerprint density at radius 3 is 2.38 bits per heavy atom. The van der Waals surface area contributed by atoms with E-state index in [0.717, 1.165) is 47.1 Å². The quantitative estimate of drug-likeness (QED) is 0.379. The Morgan fingerprint density at radius 2 is 1.68 bits per heavy atom. The molecular formula is C30H34FNO2. The van der Waals surface area contributed by atoms with Crippen LogP contribution in [0, 0.1) is 10.8 Å². The fraction of sp³-hybridized carbons (Fsp3) is 0.467. The maximum atomic E-state index is 15.1. The number of aromatic hydroxyl groups is 1. The molecule has 1 N–H and O–H groups in total. The van der Waals surface area contributed by atoms with Crippen LogP contribution >= 0.6 is 0 Å². The van der Waals surface area contributed by atoms with E-state index in [9.17, 15) is 5.11 Å². The van der Waals surface area contributed by atoms with E-state index in [2.05, 4.69) is 52.0 Å². The number of phenolic OH excluding ortho intramolecular Hbond substituents is 1. The summed E-state index contributed by atoms with van der Waals surface area (Å²) in [6.07, 6.45) is 4.74. The largest absolute Gasteiger partial charge is 0.507 e. The van der Waals surface area contributed by atoms with Crippen LogP contribution in [0.5, 0.6) is 11.5 Å². The Bertz CT molecular complexity index is 1320. The van der Waals surface area contributed by atoms with E-state index in [0.29, 0.717) is 18.0 Å². The lowest BCUT2D eigenvalue weighted by atomic mass is 9.52. The summed E-state index contributed by atoms with van der Waals surface area (Å²) in [5.41, 5.74) is 6.63. The summed E-state index contributed by atoms with van der Waals surface area (Å²) in [5, 5.41) is 14.0. The molecule has 2 aliphatic carbocycles. The second-order valence-corrected chi connectivity index (χ2v) is 12.3. The fourth-order valence-corrected chi connectivity index (χ4v) is 8.20. The van der Waals surface area contributed by atoms with Gasteiger partial charge < -0.3 is 9.84 Å². The third-order valence-electron chi connectivity index (χ3n) is 8.43. The fourth-order valence-electron chi connectivity index (χ4n) is 8.20. The summed E-state index contributed by atoms with van der Waals surface area (Å²) in [5.74, 6) is 0.750. The molecule has 6 rings (SSSR count). The number of hydrogen-bond acceptors (Lipinski definition) is 3. The third kappa shape index (κ3) is 2.87. The van der Waals surface area contributed by atoms with Crippen molar-refractivity contribution in [1.29, 1.82) is 0 Å². The lowest BCUT2D eigenvalue weighted by Gasteiger charge is -2.51. The van der Waals surface area contributed by atoms with Crippen molar-refractivity contribution in [1.82, 2.24) is 0 Å². The highest BCUT2D eigenvalue weighted by atomic mass is 19.2. The second kappa shape index (κ2) is 6.90. The zero-order valence-corrected chi connectivity index (χ0v) is 20.9. The highest BCUT2D eigenvalue weighted by molar-refractivity contribution is 6.10. The van der Waals surface area contributed by atoms with E-state index in [1.165, 1.54) is 28.7 Å². The van der Waals surface area contributed by atoms with Gasteiger partial charge in [0, 0.05) is 10.8 Å². The van der Waals surface area contributed by atoms with Gasteiger partial charge in [0.1, 0.15) is 17.2 Å². The number of benzene rings is 3. The molecule has 1 spiro atoms. The SMILES string of the molecule is COc1cc2c(O)cc3c(c2c2c1N(F)CCC2)-c1ccccc1C31CC(C)(C)CC(C)(C)C1. The van der Waals surface area contributed by atoms with Crippen molar-refractivity contribution in [3.63, 3.8) is 0 Å². The summed E-state index contributed by atoms with van der Waals surface area (Å²) in [6.45, 7) is 9.88. The molecule has 0 bridgehead atoms. The lowest BCUT2D eigenvalue weighted by Crippen LogP contribution is -2.43. The second-order valence-electron chi connectivity index (χ2n) is 12.3. The molecule has 4 heteroatoms. The molecule has 0 radical (unpaired) electrons. The van der Waals surface area contributed by atoms with Gasteiger partial charge in [-0.25, -0.2) is 5.12 Å². The predicted octanol–water partition coefficient (Wildman–Crippen LogP) is 7.69. The predicted molar refractivity (Wildman–Crippen MR) is 137 cm³/mol. The normalized spacial score (nSPS) is 21.3. The highest BCUT2D eigenvalue weighted by Crippen LogP contribution is 2.65. The van der Waals surface area contributed by atoms with E-state index in [4.69, 9.17) is 4.74 Å². The molecular weight excluding hydrogens is 425 g/mol. The van der Waals surface area contributed by atoms with Crippen LogP contribution in [-0.4, -0.2) is 18.8 Å². The number of methoxy groups -OCH3 is 1. The minimum Gasteiger partial charge on any atom is -0.507 e. The summed E-state index contributed by atoms with van der Waals surface area (Å²) >= 11 is 0. The molecule has 34 heavy (non-hydrogen) atoms. The van der Waals surface area contributed by atoms with Gasteiger partial charge in [-0.05, 0) is 88.3 Å². The molecule has 3 nitrogen and oxygen atoms in total. The first-order chi connectivity index (χ1) is 16.1. The molecule has 0 atom stereocenters. The molecule has 3 aromatic carbocycles. The van der Waals surface area contributed by atoms with Crippen molar-refractivity contribution in [2.75, 3.05) is 18.8 Å². The molecule has 0 saturated heterocycles. The van der Waals surface area contributed by atoms with Crippen molar-refractivity contribution in [2.45, 2.75) is 65.2 Å². The van der Waals surface area contributed by atoms with Gasteiger partial charge >= 0.3 is 0 Å². The van der Waals surface area contributed by atoms with Crippen molar-refractivity contribution in [2.24, 2.45) is 10.8 Å². The van der Waals surface area contributed by atoms with Crippen LogP contribution in [0.15, 0.2) is 36.4 Å². The number of anilines is 1. The third-order valence-corrected chi connectivity index (χ3v) is 8.43. The topological polar surface area (TPSA) is 32.7 Å². The van der Waals surface area contributed by atoms with Crippen molar-refractivity contribution in [3.8, 4) is 22.6 Å². The molecule has 1 aliphatic heterocycles. The van der Waals surface area contributed by atoms with Crippen molar-refractivity contribution in [3.05, 3.63) is 53.1 Å². The maximum Gasteiger partial charge on any atom is 0.145 e. The number of rotatable bonds is 1. The van der Waals surface area contributed by atoms with Crippen LogP contribution in [0.2, 0.25) is 0 Å². The molecule has 3 aromatic rings. The molecule has 0 amide bonds. The van der Waals surface area contributed by atoms with Gasteiger partial charge in [0.25, 0.3) is 0 Å². The number of fused-ring (bicyclic) bond motifs is 9. The number of ether oxygens (including phenoxy) is 1. The van der Waals surface area contributed by atoms with E-state index >= 15 is 4.48 Å². The number of hydrogen-bond donors (Lipinski definition) is 1. The molecule has 3 aliphatic rings. The first-order valence-electron chi connectivity index (χ1n) is 12.5. The molecule has 1 saturated carbocycles. The average molecular weight is 460 g/mol. The van der Waals surface area contributed by atoms with Crippen LogP contribution in [0.1, 0.15) is 70.1 Å². The number of nitrogens with zero attached hydrogens (tertiary/aromatic N) is 1. The monoisotopic (exact) mass is 459 g/mol. The van der Waals surface area contributed by atoms with E-state index < -0.39 is 0 Å². The van der Waals surface area contributed by atoms with Gasteiger partial charge in [-0.15, -0.1) is 0 Å². The Kier molecular flexibility index (Phi) is 4.42. The Labute approximate surface area is 201 Å². The van der Waals surface area contributed by atoms with E-state index in [1.807, 2.05) is 12.1 Å². The van der Waals surface area contributed by atoms with Crippen LogP contribution in [0.3, 0.4) is 0 Å². The zero-order valence-electron chi connectivity index (χ0n) is 20.9. The lowest BCUT2D eigenvalue weighted by molar-refractivity contribution is 0.0645. The minimum absolute atomic E-state index is 0.163. The van der Waals surface area contributed by atoms with Crippen LogP contribution in [-0.2, 0) is 11.8 Å². The van der Waals surface area contributed by atoms with Gasteiger partial charge in [-0.2, -0.15) is 0 Å². The van der Waals surface area contributed by atoms with Crippen LogP contribution < -0.4 is 9.86 Å². The van der Waals surface area contributed by atoms with Gasteiger partial charge in [-0.3, -0.25) is 0 Å². The van der Waals surface area contributed by atoms with Crippen molar-refractivity contribution < 1.29 is 14.3 Å². The smallest absolute Gasteiger partial charge is 0.145 e. The van der Waals surface area contributed by atoms with Crippen LogP contribution in [0.25, 0.3) is 21.9 Å². The first kappa shape index (κ1) is 21.8. The molecule has 178 valence electrons. The number of halogens is 1. The van der Waals surface area contributed by atoms with E-state index in [1.54, 1.807) is 7.11 Å². The molecule has 1 fully saturated rings. The van der Waals surface area contributed by atoms with Gasteiger partial charge in [0.15, 0.2) is 0 Å². The summed E-state index contributed by atoms with van der Waals surface area (Å²) in [4.78, 5) is 0. The van der Waals surface area contributed by atoms with E-state index in [-0.39, 0.29) is 22.0 Å². The Hall–Kier alpha value is -2.75. The molecule has 0 aromatic heterocycles. The van der Waals surface area contributed by atoms with Crippen molar-refractivity contribution >= 4 is 16.5 Å². The Balaban J connectivity index is 1.77. The number of aryl methyl sites for hydroxylation is 1. The van der Waals surface area contributed by atoms with Gasteiger partial charge in [0.2, 0.25) is 0 Å². The maximum absolute atomic E-state index is 15.1. The summed E-state index contributed by atoms with van der Waals surface area (Å²) in [6, 6.07) is 12.6. The van der Waals surface area contributed by atoms with Gasteiger partial charge in [0.05, 0.1) is 13.7 Å². The summed E-state index contributed by atoms with van der Waals surface area (Å²) in [7, 11) is 1.57. The van der Waals surface area contributed by atoms with Gasteiger partial charge in [-0.1, -0.05) is 56.4 Å². The highest BCUT2D eigenvalue weighted by Gasteiger charge is 2.54. The first-order valence-corrected chi connectivity index (χ1v) is 12.5. The van der Waals surface area contributed by atoms with Crippen LogP contribution in [0.4, 0.5) is 10.2 Å². The standard InChI is InChI=1S/C30H34FNO2/c1-28(2)15-29(3,4)17-30(16-28)21-11-7-6-9-18(21)26-22(30)14-23(33)20-13-24(34-5)27-19(25(20)26)10-8-12-32(27)31/h6-7,9,11,13-14,33H,8,10,12,15-17H2,1-5H3. The minimum atomic E-state index is -0.167. The molecule has 0 unspecified atom stereocenters. The molecule has 1 heterocycles. The summed E-state index contributed by atoms with van der Waals surface area (Å²) < 4.78 is 20.7.